The Kier molecular flexibility index (Phi) is 3.16. The first-order chi connectivity index (χ1) is 9.33. The Hall–Kier alpha value is -2.34. The van der Waals surface area contributed by atoms with Crippen molar-refractivity contribution in [2.45, 2.75) is 0 Å². The summed E-state index contributed by atoms with van der Waals surface area (Å²) in [7, 11) is 0. The number of thiophene rings is 1. The average Bonchev–Trinajstić information content (AvgIpc) is 2.90. The van der Waals surface area contributed by atoms with Crippen LogP contribution in [0, 0.1) is 5.82 Å². The first-order valence-corrected chi connectivity index (χ1v) is 6.44. The van der Waals surface area contributed by atoms with Crippen LogP contribution in [-0.4, -0.2) is 16.2 Å². The Morgan fingerprint density at radius 1 is 1.16 bits per heavy atom. The molecule has 1 N–H and O–H groups in total. The minimum absolute atomic E-state index is 0.263. The normalized spacial score (nSPS) is 11.2. The van der Waals surface area contributed by atoms with Gasteiger partial charge in [-0.1, -0.05) is 12.1 Å². The van der Waals surface area contributed by atoms with Crippen LogP contribution < -0.4 is 5.43 Å². The number of hydrogen-bond donors (Lipinski definition) is 1. The Bertz CT molecular complexity index is 721. The lowest BCUT2D eigenvalue weighted by Gasteiger charge is -1.99. The van der Waals surface area contributed by atoms with Crippen LogP contribution >= 0.6 is 11.3 Å². The van der Waals surface area contributed by atoms with Gasteiger partial charge < -0.3 is 0 Å². The van der Waals surface area contributed by atoms with Crippen molar-refractivity contribution in [1.82, 2.24) is 9.97 Å². The van der Waals surface area contributed by atoms with Gasteiger partial charge in [-0.15, -0.1) is 11.3 Å². The zero-order valence-corrected chi connectivity index (χ0v) is 10.6. The number of halogens is 1. The van der Waals surface area contributed by atoms with E-state index in [9.17, 15) is 4.39 Å². The maximum absolute atomic E-state index is 12.7. The molecule has 0 fully saturated rings. The zero-order valence-electron chi connectivity index (χ0n) is 9.75. The van der Waals surface area contributed by atoms with Crippen molar-refractivity contribution in [2.24, 2.45) is 5.10 Å². The standard InChI is InChI=1S/C13H9FN4S/c14-10-3-1-9(2-4-10)7-17-18-12-11-5-6-19-13(11)16-8-15-12/h1-8H,(H,15,16,18)/b17-7-. The lowest BCUT2D eigenvalue weighted by Crippen LogP contribution is -1.94. The van der Waals surface area contributed by atoms with Crippen molar-refractivity contribution in [3.8, 4) is 0 Å². The van der Waals surface area contributed by atoms with Crippen LogP contribution in [0.5, 0.6) is 0 Å². The summed E-state index contributed by atoms with van der Waals surface area (Å²) in [5.74, 6) is 0.394. The van der Waals surface area contributed by atoms with Crippen LogP contribution in [0.2, 0.25) is 0 Å². The molecule has 0 spiro atoms. The van der Waals surface area contributed by atoms with Crippen molar-refractivity contribution >= 4 is 33.6 Å². The summed E-state index contributed by atoms with van der Waals surface area (Å²) < 4.78 is 12.7. The van der Waals surface area contributed by atoms with E-state index in [0.717, 1.165) is 15.8 Å². The van der Waals surface area contributed by atoms with Gasteiger partial charge in [0.05, 0.1) is 11.6 Å². The highest BCUT2D eigenvalue weighted by molar-refractivity contribution is 7.16. The molecule has 19 heavy (non-hydrogen) atoms. The van der Waals surface area contributed by atoms with Crippen molar-refractivity contribution < 1.29 is 4.39 Å². The second-order valence-electron chi connectivity index (χ2n) is 3.78. The molecule has 94 valence electrons. The Morgan fingerprint density at radius 3 is 2.84 bits per heavy atom. The third kappa shape index (κ3) is 2.58. The number of rotatable bonds is 3. The molecule has 0 aliphatic carbocycles. The van der Waals surface area contributed by atoms with Crippen molar-refractivity contribution in [3.05, 3.63) is 53.4 Å². The third-order valence-electron chi connectivity index (χ3n) is 2.52. The highest BCUT2D eigenvalue weighted by Gasteiger charge is 2.02. The average molecular weight is 272 g/mol. The summed E-state index contributed by atoms with van der Waals surface area (Å²) in [6, 6.07) is 8.03. The number of hydrogen-bond acceptors (Lipinski definition) is 5. The minimum atomic E-state index is -0.263. The molecule has 6 heteroatoms. The summed E-state index contributed by atoms with van der Waals surface area (Å²) in [6.07, 6.45) is 3.11. The molecule has 1 aromatic carbocycles. The smallest absolute Gasteiger partial charge is 0.158 e. The van der Waals surface area contributed by atoms with Gasteiger partial charge in [0.25, 0.3) is 0 Å². The number of aromatic nitrogens is 2. The van der Waals surface area contributed by atoms with Gasteiger partial charge in [0.2, 0.25) is 0 Å². The summed E-state index contributed by atoms with van der Waals surface area (Å²) >= 11 is 1.55. The van der Waals surface area contributed by atoms with Crippen molar-refractivity contribution in [1.29, 1.82) is 0 Å². The fraction of sp³-hybridized carbons (Fsp3) is 0. The number of nitrogens with one attached hydrogen (secondary N) is 1. The highest BCUT2D eigenvalue weighted by Crippen LogP contribution is 2.23. The van der Waals surface area contributed by atoms with Crippen LogP contribution in [0.15, 0.2) is 47.1 Å². The maximum Gasteiger partial charge on any atom is 0.158 e. The molecule has 2 aromatic heterocycles. The molecule has 0 saturated carbocycles. The SMILES string of the molecule is Fc1ccc(/C=N\Nc2ncnc3sccc23)cc1. The van der Waals surface area contributed by atoms with Crippen LogP contribution in [0.25, 0.3) is 10.2 Å². The van der Waals surface area contributed by atoms with Gasteiger partial charge in [0.15, 0.2) is 5.82 Å². The topological polar surface area (TPSA) is 50.2 Å². The number of hydrazone groups is 1. The summed E-state index contributed by atoms with van der Waals surface area (Å²) in [5, 5.41) is 6.97. The summed E-state index contributed by atoms with van der Waals surface area (Å²) in [4.78, 5) is 9.20. The molecule has 0 bridgehead atoms. The second-order valence-corrected chi connectivity index (χ2v) is 4.68. The Morgan fingerprint density at radius 2 is 2.00 bits per heavy atom. The Balaban J connectivity index is 1.78. The molecule has 3 rings (SSSR count). The Labute approximate surface area is 112 Å². The first-order valence-electron chi connectivity index (χ1n) is 5.56. The predicted molar refractivity (Wildman–Crippen MR) is 75.0 cm³/mol. The molecule has 0 radical (unpaired) electrons. The minimum Gasteiger partial charge on any atom is -0.261 e. The fourth-order valence-corrected chi connectivity index (χ4v) is 2.33. The molecule has 0 saturated heterocycles. The molecule has 0 unspecified atom stereocenters. The van der Waals surface area contributed by atoms with Gasteiger partial charge in [-0.2, -0.15) is 5.10 Å². The quantitative estimate of drug-likeness (QED) is 0.588. The van der Waals surface area contributed by atoms with Gasteiger partial charge in [0, 0.05) is 0 Å². The van der Waals surface area contributed by atoms with Crippen LogP contribution in [0.1, 0.15) is 5.56 Å². The zero-order chi connectivity index (χ0) is 13.1. The monoisotopic (exact) mass is 272 g/mol. The van der Waals surface area contributed by atoms with Crippen molar-refractivity contribution in [3.63, 3.8) is 0 Å². The van der Waals surface area contributed by atoms with Gasteiger partial charge >= 0.3 is 0 Å². The molecule has 0 aliphatic rings. The van der Waals surface area contributed by atoms with E-state index in [1.165, 1.54) is 18.5 Å². The van der Waals surface area contributed by atoms with Gasteiger partial charge in [0.1, 0.15) is 17.0 Å². The van der Waals surface area contributed by atoms with E-state index in [1.54, 1.807) is 29.7 Å². The van der Waals surface area contributed by atoms with Crippen molar-refractivity contribution in [2.75, 3.05) is 5.43 Å². The van der Waals surface area contributed by atoms with Gasteiger partial charge in [-0.3, -0.25) is 5.43 Å². The third-order valence-corrected chi connectivity index (χ3v) is 3.34. The van der Waals surface area contributed by atoms with Crippen LogP contribution in [0.4, 0.5) is 10.2 Å². The lowest BCUT2D eigenvalue weighted by atomic mass is 10.2. The number of anilines is 1. The molecule has 0 aliphatic heterocycles. The fourth-order valence-electron chi connectivity index (χ4n) is 1.60. The molecule has 3 aromatic rings. The van der Waals surface area contributed by atoms with E-state index in [-0.39, 0.29) is 5.82 Å². The largest absolute Gasteiger partial charge is 0.261 e. The predicted octanol–water partition coefficient (Wildman–Crippen LogP) is 3.28. The highest BCUT2D eigenvalue weighted by atomic mass is 32.1. The molecule has 0 atom stereocenters. The van der Waals surface area contributed by atoms with E-state index in [0.29, 0.717) is 5.82 Å². The number of benzene rings is 1. The molecule has 0 amide bonds. The number of nitrogens with zero attached hydrogens (tertiary/aromatic N) is 3. The summed E-state index contributed by atoms with van der Waals surface area (Å²) in [5.41, 5.74) is 3.68. The van der Waals surface area contributed by atoms with E-state index >= 15 is 0 Å². The van der Waals surface area contributed by atoms with E-state index in [2.05, 4.69) is 20.5 Å². The van der Waals surface area contributed by atoms with Gasteiger partial charge in [-0.05, 0) is 29.1 Å². The number of fused-ring (bicyclic) bond motifs is 1. The summed E-state index contributed by atoms with van der Waals surface area (Å²) in [6.45, 7) is 0. The van der Waals surface area contributed by atoms with Gasteiger partial charge in [-0.25, -0.2) is 14.4 Å². The van der Waals surface area contributed by atoms with E-state index in [1.807, 2.05) is 11.4 Å². The molecular weight excluding hydrogens is 263 g/mol. The van der Waals surface area contributed by atoms with Crippen LogP contribution in [-0.2, 0) is 0 Å². The second kappa shape index (κ2) is 5.11. The first kappa shape index (κ1) is 11.7. The molecular formula is C13H9FN4S. The van der Waals surface area contributed by atoms with E-state index in [4.69, 9.17) is 0 Å². The lowest BCUT2D eigenvalue weighted by molar-refractivity contribution is 0.628. The molecule has 2 heterocycles. The van der Waals surface area contributed by atoms with Crippen LogP contribution in [0.3, 0.4) is 0 Å². The maximum atomic E-state index is 12.7. The van der Waals surface area contributed by atoms with E-state index < -0.39 is 0 Å². The molecule has 4 nitrogen and oxygen atoms in total.